The van der Waals surface area contributed by atoms with E-state index in [9.17, 15) is 9.36 Å². The van der Waals surface area contributed by atoms with Gasteiger partial charge in [-0.1, -0.05) is 49.1 Å². The van der Waals surface area contributed by atoms with Crippen molar-refractivity contribution in [1.29, 1.82) is 0 Å². The number of carbonyl (C=O) groups is 1. The van der Waals surface area contributed by atoms with E-state index >= 15 is 0 Å². The molecule has 120 valence electrons. The first-order valence-electron chi connectivity index (χ1n) is 6.96. The van der Waals surface area contributed by atoms with Crippen LogP contribution in [0.25, 0.3) is 0 Å². The van der Waals surface area contributed by atoms with Crippen LogP contribution in [0, 0.1) is 0 Å². The molecule has 0 unspecified atom stereocenters. The molecule has 0 aliphatic rings. The molecule has 0 N–H and O–H groups in total. The van der Waals surface area contributed by atoms with Crippen molar-refractivity contribution in [2.45, 2.75) is 0 Å². The molecule has 0 saturated heterocycles. The molecule has 0 amide bonds. The number of rotatable bonds is 8. The highest BCUT2D eigenvalue weighted by Crippen LogP contribution is 2.48. The van der Waals surface area contributed by atoms with E-state index in [4.69, 9.17) is 13.8 Å². The fourth-order valence-electron chi connectivity index (χ4n) is 1.72. The van der Waals surface area contributed by atoms with Crippen molar-refractivity contribution in [3.05, 3.63) is 73.3 Å². The predicted octanol–water partition coefficient (Wildman–Crippen LogP) is 4.07. The van der Waals surface area contributed by atoms with Gasteiger partial charge in [0.05, 0.1) is 0 Å². The van der Waals surface area contributed by atoms with Crippen molar-refractivity contribution >= 4 is 13.6 Å². The molecule has 0 fully saturated rings. The van der Waals surface area contributed by atoms with Crippen LogP contribution in [0.3, 0.4) is 0 Å². The second kappa shape index (κ2) is 8.20. The van der Waals surface area contributed by atoms with Crippen molar-refractivity contribution in [3.63, 3.8) is 0 Å². The van der Waals surface area contributed by atoms with Gasteiger partial charge < -0.3 is 13.8 Å². The Morgan fingerprint density at radius 1 is 0.957 bits per heavy atom. The maximum atomic E-state index is 13.0. The summed E-state index contributed by atoms with van der Waals surface area (Å²) in [5.41, 5.74) is 0. The van der Waals surface area contributed by atoms with E-state index in [0.29, 0.717) is 11.5 Å². The molecule has 0 bridgehead atoms. The van der Waals surface area contributed by atoms with Gasteiger partial charge in [-0.25, -0.2) is 4.57 Å². The number of carbonyl (C=O) groups excluding carboxylic acids is 1. The number of hydrogen-bond donors (Lipinski definition) is 0. The molecule has 23 heavy (non-hydrogen) atoms. The van der Waals surface area contributed by atoms with Gasteiger partial charge in [0.1, 0.15) is 18.1 Å². The van der Waals surface area contributed by atoms with E-state index < -0.39 is 19.7 Å². The van der Waals surface area contributed by atoms with Crippen LogP contribution in [0.1, 0.15) is 0 Å². The Bertz CT molecular complexity index is 639. The van der Waals surface area contributed by atoms with Gasteiger partial charge >= 0.3 is 13.6 Å². The lowest BCUT2D eigenvalue weighted by Gasteiger charge is -2.19. The topological polar surface area (TPSA) is 61.8 Å². The van der Waals surface area contributed by atoms with Crippen molar-refractivity contribution in [2.24, 2.45) is 0 Å². The standard InChI is InChI=1S/C17H17O5P/c1-2-13-20-17(18)14-23(19,21-15-9-5-3-6-10-15)22-16-11-7-4-8-12-16/h2-12H,1,13-14H2. The molecule has 0 aromatic heterocycles. The summed E-state index contributed by atoms with van der Waals surface area (Å²) < 4.78 is 28.8. The van der Waals surface area contributed by atoms with Crippen LogP contribution in [0.5, 0.6) is 11.5 Å². The molecule has 6 heteroatoms. The largest absolute Gasteiger partial charge is 0.461 e. The zero-order valence-electron chi connectivity index (χ0n) is 12.5. The van der Waals surface area contributed by atoms with E-state index in [0.717, 1.165) is 0 Å². The quantitative estimate of drug-likeness (QED) is 0.414. The smallest absolute Gasteiger partial charge is 0.441 e. The molecule has 0 radical (unpaired) electrons. The van der Waals surface area contributed by atoms with Crippen LogP contribution >= 0.6 is 7.60 Å². The Hall–Kier alpha value is -2.52. The summed E-state index contributed by atoms with van der Waals surface area (Å²) in [6.45, 7) is 3.49. The fraction of sp³-hybridized carbons (Fsp3) is 0.118. The Kier molecular flexibility index (Phi) is 6.01. The predicted molar refractivity (Wildman–Crippen MR) is 87.8 cm³/mol. The molecular formula is C17H17O5P. The molecule has 5 nitrogen and oxygen atoms in total. The number of benzene rings is 2. The molecule has 0 saturated carbocycles. The molecule has 0 atom stereocenters. The Morgan fingerprint density at radius 3 is 1.87 bits per heavy atom. The summed E-state index contributed by atoms with van der Waals surface area (Å²) in [5, 5.41) is 0. The monoisotopic (exact) mass is 332 g/mol. The van der Waals surface area contributed by atoms with Crippen LogP contribution < -0.4 is 9.05 Å². The lowest BCUT2D eigenvalue weighted by atomic mass is 10.3. The van der Waals surface area contributed by atoms with Gasteiger partial charge in [-0.3, -0.25) is 4.79 Å². The summed E-state index contributed by atoms with van der Waals surface area (Å²) in [6.07, 6.45) is 0.934. The Labute approximate surface area is 135 Å². The zero-order valence-corrected chi connectivity index (χ0v) is 13.4. The molecule has 2 aromatic carbocycles. The van der Waals surface area contributed by atoms with Gasteiger partial charge in [-0.2, -0.15) is 0 Å². The van der Waals surface area contributed by atoms with E-state index in [1.165, 1.54) is 6.08 Å². The normalized spacial score (nSPS) is 10.6. The highest BCUT2D eigenvalue weighted by molar-refractivity contribution is 7.55. The third kappa shape index (κ3) is 5.64. The van der Waals surface area contributed by atoms with Crippen LogP contribution in [0.15, 0.2) is 73.3 Å². The summed E-state index contributed by atoms with van der Waals surface area (Å²) in [5.74, 6) is 0.0201. The molecule has 0 aliphatic heterocycles. The number of ether oxygens (including phenoxy) is 1. The first kappa shape index (κ1) is 16.8. The van der Waals surface area contributed by atoms with Crippen molar-refractivity contribution in [3.8, 4) is 11.5 Å². The van der Waals surface area contributed by atoms with Gasteiger partial charge in [0.15, 0.2) is 6.16 Å². The minimum absolute atomic E-state index is 0.0372. The van der Waals surface area contributed by atoms with Gasteiger partial charge in [0.2, 0.25) is 0 Å². The molecule has 2 rings (SSSR count). The summed E-state index contributed by atoms with van der Waals surface area (Å²) in [6, 6.07) is 17.1. The first-order valence-corrected chi connectivity index (χ1v) is 8.69. The van der Waals surface area contributed by atoms with Gasteiger partial charge in [-0.15, -0.1) is 0 Å². The second-order valence-corrected chi connectivity index (χ2v) is 6.45. The highest BCUT2D eigenvalue weighted by atomic mass is 31.2. The second-order valence-electron chi connectivity index (χ2n) is 4.55. The van der Waals surface area contributed by atoms with Gasteiger partial charge in [0, 0.05) is 0 Å². The molecule has 2 aromatic rings. The average Bonchev–Trinajstić information content (AvgIpc) is 2.54. The minimum Gasteiger partial charge on any atom is -0.461 e. The van der Waals surface area contributed by atoms with Crippen LogP contribution in [0.4, 0.5) is 0 Å². The maximum Gasteiger partial charge on any atom is 0.441 e. The van der Waals surface area contributed by atoms with Crippen LogP contribution in [-0.2, 0) is 14.1 Å². The van der Waals surface area contributed by atoms with Crippen LogP contribution in [-0.4, -0.2) is 18.7 Å². The van der Waals surface area contributed by atoms with Crippen LogP contribution in [0.2, 0.25) is 0 Å². The minimum atomic E-state index is -3.77. The van der Waals surface area contributed by atoms with E-state index in [2.05, 4.69) is 6.58 Å². The highest BCUT2D eigenvalue weighted by Gasteiger charge is 2.32. The molecule has 0 aliphatic carbocycles. The maximum absolute atomic E-state index is 13.0. The van der Waals surface area contributed by atoms with Crippen molar-refractivity contribution in [2.75, 3.05) is 12.8 Å². The number of esters is 1. The summed E-state index contributed by atoms with van der Waals surface area (Å²) in [7, 11) is -3.77. The van der Waals surface area contributed by atoms with Crippen molar-refractivity contribution < 1.29 is 23.1 Å². The third-order valence-corrected chi connectivity index (χ3v) is 4.28. The molecular weight excluding hydrogens is 315 g/mol. The summed E-state index contributed by atoms with van der Waals surface area (Å²) in [4.78, 5) is 11.8. The van der Waals surface area contributed by atoms with Crippen molar-refractivity contribution in [1.82, 2.24) is 0 Å². The zero-order chi connectivity index (χ0) is 16.5. The first-order chi connectivity index (χ1) is 11.1. The van der Waals surface area contributed by atoms with E-state index in [1.54, 1.807) is 60.7 Å². The molecule has 0 spiro atoms. The number of hydrogen-bond acceptors (Lipinski definition) is 5. The van der Waals surface area contributed by atoms with E-state index in [1.807, 2.05) is 0 Å². The SMILES string of the molecule is C=CCOC(=O)CP(=O)(Oc1ccccc1)Oc1ccccc1. The van der Waals surface area contributed by atoms with E-state index in [-0.39, 0.29) is 6.61 Å². The van der Waals surface area contributed by atoms with Gasteiger partial charge in [-0.05, 0) is 24.3 Å². The average molecular weight is 332 g/mol. The number of para-hydroxylation sites is 2. The van der Waals surface area contributed by atoms with Gasteiger partial charge in [0.25, 0.3) is 0 Å². The summed E-state index contributed by atoms with van der Waals surface area (Å²) >= 11 is 0. The fourth-order valence-corrected chi connectivity index (χ4v) is 3.18. The molecule has 0 heterocycles. The third-order valence-electron chi connectivity index (χ3n) is 2.66. The Balaban J connectivity index is 2.17. The lowest BCUT2D eigenvalue weighted by Crippen LogP contribution is -2.15. The Morgan fingerprint density at radius 2 is 1.43 bits per heavy atom. The lowest BCUT2D eigenvalue weighted by molar-refractivity contribution is -0.139.